The van der Waals surface area contributed by atoms with E-state index in [-0.39, 0.29) is 5.56 Å². The Morgan fingerprint density at radius 2 is 1.64 bits per heavy atom. The predicted molar refractivity (Wildman–Crippen MR) is 131 cm³/mol. The molecule has 7 heteroatoms. The fourth-order valence-corrected chi connectivity index (χ4v) is 4.16. The van der Waals surface area contributed by atoms with Gasteiger partial charge in [0, 0.05) is 23.5 Å². The molecule has 1 aromatic heterocycles. The molecule has 0 saturated carbocycles. The van der Waals surface area contributed by atoms with Crippen molar-refractivity contribution in [1.82, 2.24) is 14.5 Å². The molecule has 0 saturated heterocycles. The summed E-state index contributed by atoms with van der Waals surface area (Å²) >= 11 is 0. The Morgan fingerprint density at radius 3 is 2.30 bits per heavy atom. The molecule has 0 spiro atoms. The largest absolute Gasteiger partial charge is 0.493 e. The average Bonchev–Trinajstić information content (AvgIpc) is 2.85. The maximum Gasteiger partial charge on any atom is 0.259 e. The topological polar surface area (TPSA) is 59.8 Å². The summed E-state index contributed by atoms with van der Waals surface area (Å²) in [7, 11) is 3.29. The quantitative estimate of drug-likeness (QED) is 0.544. The zero-order valence-electron chi connectivity index (χ0n) is 20.1. The fourth-order valence-electron chi connectivity index (χ4n) is 4.16. The van der Waals surface area contributed by atoms with E-state index in [2.05, 4.69) is 47.1 Å². The monoisotopic (exact) mass is 448 g/mol. The number of ether oxygens (including phenoxy) is 2. The van der Waals surface area contributed by atoms with Crippen molar-refractivity contribution < 1.29 is 9.47 Å². The van der Waals surface area contributed by atoms with E-state index in [4.69, 9.17) is 14.5 Å². The predicted octanol–water partition coefficient (Wildman–Crippen LogP) is 4.05. The molecule has 0 amide bonds. The summed E-state index contributed by atoms with van der Waals surface area (Å²) < 4.78 is 12.6. The van der Waals surface area contributed by atoms with Crippen molar-refractivity contribution in [3.05, 3.63) is 75.2 Å². The first-order valence-electron chi connectivity index (χ1n) is 11.3. The van der Waals surface area contributed by atoms with Crippen LogP contribution in [0.1, 0.15) is 29.3 Å². The highest BCUT2D eigenvalue weighted by Gasteiger charge is 2.27. The van der Waals surface area contributed by atoms with Gasteiger partial charge in [-0.2, -0.15) is 0 Å². The first kappa shape index (κ1) is 22.9. The van der Waals surface area contributed by atoms with Crippen LogP contribution in [0.3, 0.4) is 0 Å². The number of aromatic nitrogens is 2. The van der Waals surface area contributed by atoms with Gasteiger partial charge >= 0.3 is 0 Å². The molecule has 2 heterocycles. The summed E-state index contributed by atoms with van der Waals surface area (Å²) in [5, 5.41) is 0. The first-order valence-corrected chi connectivity index (χ1v) is 11.3. The summed E-state index contributed by atoms with van der Waals surface area (Å²) in [5.74, 6) is 2.15. The summed E-state index contributed by atoms with van der Waals surface area (Å²) in [6.07, 6.45) is 1.82. The highest BCUT2D eigenvalue weighted by atomic mass is 16.5. The molecule has 4 rings (SSSR count). The second-order valence-corrected chi connectivity index (χ2v) is 8.42. The van der Waals surface area contributed by atoms with Crippen LogP contribution in [0.2, 0.25) is 0 Å². The summed E-state index contributed by atoms with van der Waals surface area (Å²) in [5.41, 5.74) is 4.96. The van der Waals surface area contributed by atoms with Gasteiger partial charge in [0.15, 0.2) is 11.5 Å². The minimum absolute atomic E-state index is 0.0171. The van der Waals surface area contributed by atoms with E-state index in [0.29, 0.717) is 24.8 Å². The van der Waals surface area contributed by atoms with Crippen molar-refractivity contribution in [2.24, 2.45) is 0 Å². The molecular formula is C26H32N4O3. The van der Waals surface area contributed by atoms with E-state index in [1.807, 2.05) is 26.0 Å². The molecule has 33 heavy (non-hydrogen) atoms. The van der Waals surface area contributed by atoms with E-state index in [1.54, 1.807) is 18.8 Å². The number of hydrogen-bond donors (Lipinski definition) is 0. The molecular weight excluding hydrogens is 416 g/mol. The lowest BCUT2D eigenvalue weighted by Gasteiger charge is -2.38. The lowest BCUT2D eigenvalue weighted by molar-refractivity contribution is 0.200. The summed E-state index contributed by atoms with van der Waals surface area (Å²) in [6.45, 7) is 7.86. The average molecular weight is 449 g/mol. The van der Waals surface area contributed by atoms with Crippen LogP contribution in [0.25, 0.3) is 0 Å². The number of aryl methyl sites for hydroxylation is 2. The molecule has 1 aliphatic heterocycles. The number of benzene rings is 2. The van der Waals surface area contributed by atoms with Crippen LogP contribution < -0.4 is 19.9 Å². The van der Waals surface area contributed by atoms with E-state index in [1.165, 1.54) is 5.56 Å². The van der Waals surface area contributed by atoms with Crippen LogP contribution in [0.5, 0.6) is 11.5 Å². The standard InChI is InChI=1S/C26H32N4O3/c1-6-20-7-10-22(11-8-20)29-16-28(17-30-25(31)18(2)19(3)27-26(29)30)14-13-21-9-12-23(32-4)24(15-21)33-5/h7-12,15H,6,13-14,16-17H2,1-5H3. The molecule has 0 fully saturated rings. The Morgan fingerprint density at radius 1 is 0.939 bits per heavy atom. The van der Waals surface area contributed by atoms with Gasteiger partial charge in [0.2, 0.25) is 5.95 Å². The van der Waals surface area contributed by atoms with Gasteiger partial charge in [0.1, 0.15) is 0 Å². The highest BCUT2D eigenvalue weighted by Crippen LogP contribution is 2.30. The van der Waals surface area contributed by atoms with Crippen molar-refractivity contribution >= 4 is 11.6 Å². The Balaban J connectivity index is 1.63. The molecule has 0 aliphatic carbocycles. The molecule has 3 aromatic rings. The van der Waals surface area contributed by atoms with Gasteiger partial charge in [-0.15, -0.1) is 0 Å². The molecule has 0 N–H and O–H groups in total. The van der Waals surface area contributed by atoms with Gasteiger partial charge in [-0.05, 0) is 62.1 Å². The molecule has 7 nitrogen and oxygen atoms in total. The van der Waals surface area contributed by atoms with Crippen molar-refractivity contribution in [1.29, 1.82) is 0 Å². The number of hydrogen-bond acceptors (Lipinski definition) is 6. The SMILES string of the molecule is CCc1ccc(N2CN(CCc3ccc(OC)c(OC)c3)Cn3c2nc(C)c(C)c3=O)cc1. The summed E-state index contributed by atoms with van der Waals surface area (Å²) in [4.78, 5) is 22.3. The van der Waals surface area contributed by atoms with Crippen molar-refractivity contribution in [3.63, 3.8) is 0 Å². The zero-order valence-corrected chi connectivity index (χ0v) is 20.1. The van der Waals surface area contributed by atoms with Gasteiger partial charge in [0.25, 0.3) is 5.56 Å². The van der Waals surface area contributed by atoms with Crippen LogP contribution in [0.15, 0.2) is 47.3 Å². The number of nitrogens with zero attached hydrogens (tertiary/aromatic N) is 4. The van der Waals surface area contributed by atoms with Crippen LogP contribution in [0.4, 0.5) is 11.6 Å². The van der Waals surface area contributed by atoms with Crippen molar-refractivity contribution in [2.75, 3.05) is 32.3 Å². The lowest BCUT2D eigenvalue weighted by Crippen LogP contribution is -2.48. The lowest BCUT2D eigenvalue weighted by atomic mass is 10.1. The third-order valence-electron chi connectivity index (χ3n) is 6.36. The maximum absolute atomic E-state index is 13.1. The third kappa shape index (κ3) is 4.59. The van der Waals surface area contributed by atoms with E-state index in [9.17, 15) is 4.79 Å². The number of methoxy groups -OCH3 is 2. The third-order valence-corrected chi connectivity index (χ3v) is 6.36. The first-order chi connectivity index (χ1) is 15.9. The van der Waals surface area contributed by atoms with E-state index < -0.39 is 0 Å². The van der Waals surface area contributed by atoms with Gasteiger partial charge in [-0.3, -0.25) is 19.2 Å². The fraction of sp³-hybridized carbons (Fsp3) is 0.385. The van der Waals surface area contributed by atoms with Crippen LogP contribution in [-0.2, 0) is 19.5 Å². The molecule has 0 unspecified atom stereocenters. The number of anilines is 2. The maximum atomic E-state index is 13.1. The molecule has 0 radical (unpaired) electrons. The Kier molecular flexibility index (Phi) is 6.70. The van der Waals surface area contributed by atoms with Crippen LogP contribution in [0, 0.1) is 13.8 Å². The van der Waals surface area contributed by atoms with Gasteiger partial charge in [-0.25, -0.2) is 4.98 Å². The Bertz CT molecular complexity index is 1190. The van der Waals surface area contributed by atoms with Crippen LogP contribution >= 0.6 is 0 Å². The van der Waals surface area contributed by atoms with E-state index in [0.717, 1.165) is 47.8 Å². The number of fused-ring (bicyclic) bond motifs is 1. The summed E-state index contributed by atoms with van der Waals surface area (Å²) in [6, 6.07) is 14.5. The molecule has 0 bridgehead atoms. The minimum Gasteiger partial charge on any atom is -0.493 e. The second-order valence-electron chi connectivity index (χ2n) is 8.42. The Labute approximate surface area is 195 Å². The zero-order chi connectivity index (χ0) is 23.5. The molecule has 0 atom stereocenters. The van der Waals surface area contributed by atoms with Crippen molar-refractivity contribution in [2.45, 2.75) is 40.3 Å². The van der Waals surface area contributed by atoms with Gasteiger partial charge in [-0.1, -0.05) is 25.1 Å². The molecule has 174 valence electrons. The minimum atomic E-state index is 0.0171. The normalized spacial score (nSPS) is 13.7. The van der Waals surface area contributed by atoms with Crippen molar-refractivity contribution in [3.8, 4) is 11.5 Å². The smallest absolute Gasteiger partial charge is 0.259 e. The van der Waals surface area contributed by atoms with E-state index >= 15 is 0 Å². The van der Waals surface area contributed by atoms with Gasteiger partial charge in [0.05, 0.1) is 27.6 Å². The van der Waals surface area contributed by atoms with Gasteiger partial charge < -0.3 is 9.47 Å². The molecule has 2 aromatic carbocycles. The second kappa shape index (κ2) is 9.67. The highest BCUT2D eigenvalue weighted by molar-refractivity contribution is 5.59. The van der Waals surface area contributed by atoms with Crippen LogP contribution in [-0.4, -0.2) is 41.9 Å². The molecule has 1 aliphatic rings. The Hall–Kier alpha value is -3.32. The number of rotatable bonds is 7.